The van der Waals surface area contributed by atoms with E-state index in [1.54, 1.807) is 24.1 Å². The minimum atomic E-state index is -0.762. The van der Waals surface area contributed by atoms with Crippen molar-refractivity contribution in [2.45, 2.75) is 12.1 Å². The minimum absolute atomic E-state index is 0.113. The third-order valence-corrected chi connectivity index (χ3v) is 4.75. The van der Waals surface area contributed by atoms with Crippen LogP contribution in [0.15, 0.2) is 24.3 Å². The smallest absolute Gasteiger partial charge is 0.254 e. The maximum atomic E-state index is 13.2. The molecule has 7 heteroatoms. The summed E-state index contributed by atoms with van der Waals surface area (Å²) in [6.45, 7) is 2.80. The normalized spacial score (nSPS) is 25.9. The highest BCUT2D eigenvalue weighted by molar-refractivity contribution is 5.86. The molecule has 0 unspecified atom stereocenters. The molecule has 0 bridgehead atoms. The monoisotopic (exact) mass is 335 g/mol. The van der Waals surface area contributed by atoms with E-state index in [1.165, 1.54) is 17.0 Å². The van der Waals surface area contributed by atoms with Gasteiger partial charge in [-0.15, -0.1) is 0 Å². The van der Waals surface area contributed by atoms with E-state index in [-0.39, 0.29) is 24.2 Å². The van der Waals surface area contributed by atoms with Crippen molar-refractivity contribution in [1.29, 1.82) is 0 Å². The number of morpholine rings is 1. The van der Waals surface area contributed by atoms with E-state index in [0.717, 1.165) is 13.1 Å². The van der Waals surface area contributed by atoms with Crippen LogP contribution >= 0.6 is 0 Å². The highest BCUT2D eigenvalue weighted by Crippen LogP contribution is 2.30. The second-order valence-corrected chi connectivity index (χ2v) is 6.36. The first-order chi connectivity index (χ1) is 11.5. The first kappa shape index (κ1) is 16.9. The van der Waals surface area contributed by atoms with Gasteiger partial charge in [-0.3, -0.25) is 9.59 Å². The van der Waals surface area contributed by atoms with Crippen molar-refractivity contribution in [3.05, 3.63) is 35.6 Å². The molecule has 2 amide bonds. The third-order valence-electron chi connectivity index (χ3n) is 4.75. The fourth-order valence-corrected chi connectivity index (χ4v) is 3.18. The number of likely N-dealkylation sites (N-methyl/N-ethyl adjacent to an activating group) is 2. The number of carbonyl (C=O) groups is 2. The molecule has 6 nitrogen and oxygen atoms in total. The molecular formula is C17H22FN3O3. The summed E-state index contributed by atoms with van der Waals surface area (Å²) in [4.78, 5) is 30.4. The summed E-state index contributed by atoms with van der Waals surface area (Å²) in [5.74, 6) is -0.657. The van der Waals surface area contributed by atoms with Crippen molar-refractivity contribution < 1.29 is 18.7 Å². The van der Waals surface area contributed by atoms with Gasteiger partial charge in [0.05, 0.1) is 6.04 Å². The van der Waals surface area contributed by atoms with E-state index in [0.29, 0.717) is 18.7 Å². The second-order valence-electron chi connectivity index (χ2n) is 6.36. The molecule has 2 saturated heterocycles. The molecule has 2 fully saturated rings. The molecule has 2 aliphatic rings. The van der Waals surface area contributed by atoms with E-state index in [2.05, 4.69) is 4.90 Å². The fourth-order valence-electron chi connectivity index (χ4n) is 3.18. The molecule has 2 heterocycles. The van der Waals surface area contributed by atoms with Crippen LogP contribution in [0.1, 0.15) is 11.6 Å². The molecule has 2 atom stereocenters. The lowest BCUT2D eigenvalue weighted by Gasteiger charge is -2.41. The zero-order valence-electron chi connectivity index (χ0n) is 13.9. The van der Waals surface area contributed by atoms with Crippen molar-refractivity contribution in [2.24, 2.45) is 0 Å². The Morgan fingerprint density at radius 2 is 1.75 bits per heavy atom. The van der Waals surface area contributed by atoms with Crippen LogP contribution in [0.3, 0.4) is 0 Å². The van der Waals surface area contributed by atoms with Crippen LogP contribution in [-0.4, -0.2) is 79.5 Å². The standard InChI is InChI=1S/C17H22FN3O3/c1-19-7-9-21(10-8-19)17(23)16-15(20(2)14(22)11-24-16)12-3-5-13(18)6-4-12/h3-6,15-16H,7-11H2,1-2H3/t15-,16-/m1/s1. The molecule has 0 aliphatic carbocycles. The minimum Gasteiger partial charge on any atom is -0.356 e. The van der Waals surface area contributed by atoms with Crippen molar-refractivity contribution >= 4 is 11.8 Å². The van der Waals surface area contributed by atoms with Crippen molar-refractivity contribution in [1.82, 2.24) is 14.7 Å². The summed E-state index contributed by atoms with van der Waals surface area (Å²) in [6.07, 6.45) is -0.762. The predicted molar refractivity (Wildman–Crippen MR) is 85.7 cm³/mol. The molecule has 0 saturated carbocycles. The van der Waals surface area contributed by atoms with Crippen molar-refractivity contribution in [2.75, 3.05) is 46.9 Å². The van der Waals surface area contributed by atoms with Crippen molar-refractivity contribution in [3.63, 3.8) is 0 Å². The number of hydrogen-bond donors (Lipinski definition) is 0. The lowest BCUT2D eigenvalue weighted by atomic mass is 9.97. The molecule has 0 spiro atoms. The van der Waals surface area contributed by atoms with Crippen LogP contribution in [0.4, 0.5) is 4.39 Å². The topological polar surface area (TPSA) is 53.1 Å². The molecule has 1 aromatic carbocycles. The largest absolute Gasteiger partial charge is 0.356 e. The maximum Gasteiger partial charge on any atom is 0.254 e. The van der Waals surface area contributed by atoms with Gasteiger partial charge in [0.25, 0.3) is 5.91 Å². The van der Waals surface area contributed by atoms with Crippen molar-refractivity contribution in [3.8, 4) is 0 Å². The van der Waals surface area contributed by atoms with Gasteiger partial charge in [0.2, 0.25) is 5.91 Å². The van der Waals surface area contributed by atoms with Gasteiger partial charge in [-0.2, -0.15) is 0 Å². The average Bonchev–Trinajstić information content (AvgIpc) is 2.58. The summed E-state index contributed by atoms with van der Waals surface area (Å²) in [6, 6.07) is 5.32. The Kier molecular flexibility index (Phi) is 4.82. The van der Waals surface area contributed by atoms with Gasteiger partial charge in [0.15, 0.2) is 6.10 Å². The molecule has 2 aliphatic heterocycles. The van der Waals surface area contributed by atoms with Gasteiger partial charge in [-0.05, 0) is 24.7 Å². The van der Waals surface area contributed by atoms with E-state index < -0.39 is 12.1 Å². The molecule has 24 heavy (non-hydrogen) atoms. The number of piperazine rings is 1. The first-order valence-corrected chi connectivity index (χ1v) is 8.07. The molecule has 0 aromatic heterocycles. The zero-order chi connectivity index (χ0) is 17.3. The fraction of sp³-hybridized carbons (Fsp3) is 0.529. The van der Waals surface area contributed by atoms with Gasteiger partial charge in [-0.1, -0.05) is 12.1 Å². The quantitative estimate of drug-likeness (QED) is 0.790. The van der Waals surface area contributed by atoms with Gasteiger partial charge < -0.3 is 19.4 Å². The molecule has 1 aromatic rings. The number of nitrogens with zero attached hydrogens (tertiary/aromatic N) is 3. The number of ether oxygens (including phenoxy) is 1. The summed E-state index contributed by atoms with van der Waals surface area (Å²) in [5.41, 5.74) is 0.694. The van der Waals surface area contributed by atoms with Gasteiger partial charge in [-0.25, -0.2) is 4.39 Å². The van der Waals surface area contributed by atoms with E-state index in [1.807, 2.05) is 7.05 Å². The van der Waals surface area contributed by atoms with E-state index >= 15 is 0 Å². The number of carbonyl (C=O) groups excluding carboxylic acids is 2. The lowest BCUT2D eigenvalue weighted by Crippen LogP contribution is -2.56. The number of halogens is 1. The highest BCUT2D eigenvalue weighted by atomic mass is 19.1. The maximum absolute atomic E-state index is 13.2. The van der Waals surface area contributed by atoms with Crippen LogP contribution in [0.5, 0.6) is 0 Å². The Morgan fingerprint density at radius 1 is 1.12 bits per heavy atom. The van der Waals surface area contributed by atoms with Gasteiger partial charge >= 0.3 is 0 Å². The predicted octanol–water partition coefficient (Wildman–Crippen LogP) is 0.498. The first-order valence-electron chi connectivity index (χ1n) is 8.07. The molecule has 0 radical (unpaired) electrons. The highest BCUT2D eigenvalue weighted by Gasteiger charge is 2.42. The Labute approximate surface area is 140 Å². The summed E-state index contributed by atoms with van der Waals surface area (Å²) in [5, 5.41) is 0. The number of amides is 2. The number of rotatable bonds is 2. The number of benzene rings is 1. The Bertz CT molecular complexity index is 614. The Balaban J connectivity index is 1.84. The molecule has 0 N–H and O–H groups in total. The van der Waals surface area contributed by atoms with Crippen LogP contribution in [0, 0.1) is 5.82 Å². The number of hydrogen-bond acceptors (Lipinski definition) is 4. The molecular weight excluding hydrogens is 313 g/mol. The van der Waals surface area contributed by atoms with Crippen LogP contribution in [-0.2, 0) is 14.3 Å². The van der Waals surface area contributed by atoms with E-state index in [4.69, 9.17) is 4.74 Å². The lowest BCUT2D eigenvalue weighted by molar-refractivity contribution is -0.168. The van der Waals surface area contributed by atoms with E-state index in [9.17, 15) is 14.0 Å². The third kappa shape index (κ3) is 3.27. The zero-order valence-corrected chi connectivity index (χ0v) is 13.9. The summed E-state index contributed by atoms with van der Waals surface area (Å²) >= 11 is 0. The summed E-state index contributed by atoms with van der Waals surface area (Å²) in [7, 11) is 3.68. The SMILES string of the molecule is CN1CCN(C(=O)[C@@H]2OCC(=O)N(C)[C@@H]2c2ccc(F)cc2)CC1. The Morgan fingerprint density at radius 3 is 2.38 bits per heavy atom. The molecule has 3 rings (SSSR count). The summed E-state index contributed by atoms with van der Waals surface area (Å²) < 4.78 is 18.8. The van der Waals surface area contributed by atoms with Crippen LogP contribution < -0.4 is 0 Å². The second kappa shape index (κ2) is 6.86. The Hall–Kier alpha value is -1.99. The van der Waals surface area contributed by atoms with Crippen LogP contribution in [0.25, 0.3) is 0 Å². The van der Waals surface area contributed by atoms with Gasteiger partial charge in [0.1, 0.15) is 12.4 Å². The van der Waals surface area contributed by atoms with Crippen LogP contribution in [0.2, 0.25) is 0 Å². The van der Waals surface area contributed by atoms with Gasteiger partial charge in [0, 0.05) is 33.2 Å². The average molecular weight is 335 g/mol. The molecule has 130 valence electrons.